The van der Waals surface area contributed by atoms with Crippen molar-refractivity contribution in [1.82, 2.24) is 4.57 Å². The lowest BCUT2D eigenvalue weighted by atomic mass is 9.97. The van der Waals surface area contributed by atoms with Gasteiger partial charge in [-0.3, -0.25) is 0 Å². The van der Waals surface area contributed by atoms with E-state index in [9.17, 15) is 0 Å². The molecule has 0 bridgehead atoms. The van der Waals surface area contributed by atoms with Crippen molar-refractivity contribution in [2.45, 2.75) is 9.79 Å². The summed E-state index contributed by atoms with van der Waals surface area (Å²) in [5.41, 5.74) is 15.2. The molecule has 0 radical (unpaired) electrons. The molecule has 3 heteroatoms. The first-order chi connectivity index (χ1) is 31.3. The lowest BCUT2D eigenvalue weighted by molar-refractivity contribution is 1.08. The van der Waals surface area contributed by atoms with Crippen LogP contribution < -0.4 is 4.90 Å². The molecule has 63 heavy (non-hydrogen) atoms. The van der Waals surface area contributed by atoms with Crippen molar-refractivity contribution in [3.05, 3.63) is 253 Å². The second-order valence-corrected chi connectivity index (χ2v) is 17.1. The molecule has 0 saturated carbocycles. The first kappa shape index (κ1) is 37.0. The van der Waals surface area contributed by atoms with E-state index >= 15 is 0 Å². The summed E-state index contributed by atoms with van der Waals surface area (Å²) >= 11 is 1.88. The number of para-hydroxylation sites is 2. The molecule has 2 heterocycles. The fourth-order valence-electron chi connectivity index (χ4n) is 9.47. The number of nitrogens with zero attached hydrogens (tertiary/aromatic N) is 2. The normalized spacial score (nSPS) is 12.2. The Hall–Kier alpha value is -7.85. The number of fused-ring (bicyclic) bond motifs is 6. The van der Waals surface area contributed by atoms with Gasteiger partial charge in [0.1, 0.15) is 0 Å². The van der Waals surface area contributed by atoms with Crippen molar-refractivity contribution >= 4 is 72.9 Å². The van der Waals surface area contributed by atoms with Gasteiger partial charge >= 0.3 is 0 Å². The largest absolute Gasteiger partial charge is 0.309 e. The molecule has 0 atom stereocenters. The van der Waals surface area contributed by atoms with Crippen LogP contribution in [0.25, 0.3) is 72.0 Å². The number of anilines is 3. The van der Waals surface area contributed by atoms with Crippen LogP contribution in [-0.4, -0.2) is 4.57 Å². The Balaban J connectivity index is 1.07. The van der Waals surface area contributed by atoms with Gasteiger partial charge in [0.05, 0.1) is 16.9 Å². The molecule has 0 aliphatic carbocycles. The highest BCUT2D eigenvalue weighted by molar-refractivity contribution is 8.00. The van der Waals surface area contributed by atoms with Gasteiger partial charge in [0.15, 0.2) is 0 Å². The Bertz CT molecular complexity index is 3380. The molecule has 0 N–H and O–H groups in total. The molecule has 296 valence electrons. The minimum Gasteiger partial charge on any atom is -0.309 e. The molecule has 11 aromatic rings. The molecule has 1 aliphatic rings. The zero-order chi connectivity index (χ0) is 41.7. The minimum absolute atomic E-state index is 1.09. The SMILES string of the molecule is C1=C(c2ccccc2)c2c(c3ccccc3n2-c2ccccc2)Sc2c1cccc2N(c1ccc(-c2cccc3ccccc23)cc1)c1ccc(-c2cccc3ccccc23)cc1. The van der Waals surface area contributed by atoms with E-state index in [0.29, 0.717) is 0 Å². The smallest absolute Gasteiger partial charge is 0.0686 e. The van der Waals surface area contributed by atoms with Crippen molar-refractivity contribution in [2.24, 2.45) is 0 Å². The van der Waals surface area contributed by atoms with Crippen molar-refractivity contribution in [3.8, 4) is 27.9 Å². The van der Waals surface area contributed by atoms with Gasteiger partial charge in [-0.25, -0.2) is 0 Å². The van der Waals surface area contributed by atoms with Gasteiger partial charge < -0.3 is 9.47 Å². The van der Waals surface area contributed by atoms with E-state index in [0.717, 1.165) is 22.7 Å². The molecule has 2 nitrogen and oxygen atoms in total. The van der Waals surface area contributed by atoms with Crippen LogP contribution in [-0.2, 0) is 0 Å². The second-order valence-electron chi connectivity index (χ2n) is 16.1. The van der Waals surface area contributed by atoms with Crippen LogP contribution in [0.15, 0.2) is 246 Å². The molecule has 0 unspecified atom stereocenters. The summed E-state index contributed by atoms with van der Waals surface area (Å²) in [5, 5.41) is 6.23. The zero-order valence-electron chi connectivity index (χ0n) is 34.4. The van der Waals surface area contributed by atoms with Gasteiger partial charge in [-0.05, 0) is 110 Å². The van der Waals surface area contributed by atoms with E-state index in [1.54, 1.807) is 0 Å². The summed E-state index contributed by atoms with van der Waals surface area (Å²) in [5.74, 6) is 0. The third-order valence-corrected chi connectivity index (χ3v) is 13.7. The average molecular weight is 821 g/mol. The third kappa shape index (κ3) is 6.45. The van der Waals surface area contributed by atoms with Gasteiger partial charge in [0, 0.05) is 37.8 Å². The third-order valence-electron chi connectivity index (χ3n) is 12.4. The van der Waals surface area contributed by atoms with Crippen LogP contribution in [0.2, 0.25) is 0 Å². The summed E-state index contributed by atoms with van der Waals surface area (Å²) in [6.07, 6.45) is 2.41. The highest BCUT2D eigenvalue weighted by Crippen LogP contribution is 2.53. The van der Waals surface area contributed by atoms with Crippen molar-refractivity contribution in [2.75, 3.05) is 4.90 Å². The Morgan fingerprint density at radius 2 is 0.873 bits per heavy atom. The van der Waals surface area contributed by atoms with Crippen LogP contribution in [0.4, 0.5) is 17.1 Å². The van der Waals surface area contributed by atoms with Crippen LogP contribution in [0.1, 0.15) is 16.8 Å². The summed E-state index contributed by atoms with van der Waals surface area (Å²) in [4.78, 5) is 4.90. The van der Waals surface area contributed by atoms with Crippen LogP contribution in [0, 0.1) is 0 Å². The number of aromatic nitrogens is 1. The lowest BCUT2D eigenvalue weighted by Crippen LogP contribution is -2.11. The topological polar surface area (TPSA) is 8.17 Å². The van der Waals surface area contributed by atoms with Gasteiger partial charge in [0.25, 0.3) is 0 Å². The standard InChI is InChI=1S/C60H40N2S/c1-3-16-43(17-4-1)55-40-46-22-15-31-57(59(46)63-60-54-27-11-12-30-56(54)62(58(55)60)47-23-5-2-6-24-47)61(48-36-32-44(33-37-48)52-28-13-20-41-18-7-9-25-50(41)52)49-38-34-45(35-39-49)53-29-14-21-42-19-8-10-26-51(42)53/h1-40H. The Morgan fingerprint density at radius 1 is 0.365 bits per heavy atom. The van der Waals surface area contributed by atoms with Gasteiger partial charge in [-0.15, -0.1) is 0 Å². The predicted octanol–water partition coefficient (Wildman–Crippen LogP) is 16.8. The first-order valence-corrected chi connectivity index (χ1v) is 22.3. The van der Waals surface area contributed by atoms with Crippen molar-refractivity contribution < 1.29 is 0 Å². The van der Waals surface area contributed by atoms with Gasteiger partial charge in [-0.2, -0.15) is 0 Å². The van der Waals surface area contributed by atoms with Crippen molar-refractivity contribution in [3.63, 3.8) is 0 Å². The quantitative estimate of drug-likeness (QED) is 0.158. The van der Waals surface area contributed by atoms with Crippen LogP contribution in [0.5, 0.6) is 0 Å². The molecule has 0 fully saturated rings. The molecule has 0 spiro atoms. The van der Waals surface area contributed by atoms with Crippen molar-refractivity contribution in [1.29, 1.82) is 0 Å². The molecular formula is C60H40N2S. The predicted molar refractivity (Wildman–Crippen MR) is 268 cm³/mol. The average Bonchev–Trinajstić information content (AvgIpc) is 3.57. The van der Waals surface area contributed by atoms with E-state index in [4.69, 9.17) is 0 Å². The fourth-order valence-corrected chi connectivity index (χ4v) is 10.8. The van der Waals surface area contributed by atoms with E-state index in [1.165, 1.54) is 86.9 Å². The van der Waals surface area contributed by atoms with Gasteiger partial charge in [0.2, 0.25) is 0 Å². The maximum absolute atomic E-state index is 2.46. The van der Waals surface area contributed by atoms with Crippen LogP contribution >= 0.6 is 11.8 Å². The molecular weight excluding hydrogens is 781 g/mol. The number of rotatable bonds is 7. The monoisotopic (exact) mass is 820 g/mol. The molecule has 12 rings (SSSR count). The summed E-state index contributed by atoms with van der Waals surface area (Å²) in [6.45, 7) is 0. The van der Waals surface area contributed by atoms with E-state index in [1.807, 2.05) is 11.8 Å². The number of hydrogen-bond acceptors (Lipinski definition) is 2. The molecule has 0 amide bonds. The Kier molecular flexibility index (Phi) is 9.13. The number of benzene rings is 10. The zero-order valence-corrected chi connectivity index (χ0v) is 35.2. The highest BCUT2D eigenvalue weighted by atomic mass is 32.2. The molecule has 10 aromatic carbocycles. The summed E-state index contributed by atoms with van der Waals surface area (Å²) in [6, 6.07) is 86.0. The fraction of sp³-hybridized carbons (Fsp3) is 0. The van der Waals surface area contributed by atoms with Crippen LogP contribution in [0.3, 0.4) is 0 Å². The second kappa shape index (κ2) is 15.6. The molecule has 1 aliphatic heterocycles. The molecule has 1 aromatic heterocycles. The maximum Gasteiger partial charge on any atom is 0.0686 e. The number of hydrogen-bond donors (Lipinski definition) is 0. The van der Waals surface area contributed by atoms with Gasteiger partial charge in [-0.1, -0.05) is 200 Å². The Labute approximate surface area is 371 Å². The molecule has 0 saturated heterocycles. The van der Waals surface area contributed by atoms with E-state index < -0.39 is 0 Å². The maximum atomic E-state index is 2.46. The summed E-state index contributed by atoms with van der Waals surface area (Å²) in [7, 11) is 0. The minimum atomic E-state index is 1.09. The Morgan fingerprint density at radius 3 is 1.49 bits per heavy atom. The highest BCUT2D eigenvalue weighted by Gasteiger charge is 2.29. The lowest BCUT2D eigenvalue weighted by Gasteiger charge is -2.28. The first-order valence-electron chi connectivity index (χ1n) is 21.5. The van der Waals surface area contributed by atoms with E-state index in [-0.39, 0.29) is 0 Å². The van der Waals surface area contributed by atoms with E-state index in [2.05, 4.69) is 252 Å². The summed E-state index contributed by atoms with van der Waals surface area (Å²) < 4.78 is 2.46.